The molecule has 2 unspecified atom stereocenters. The summed E-state index contributed by atoms with van der Waals surface area (Å²) in [6.45, 7) is 11.6. The molecule has 0 aliphatic carbocycles. The molecule has 0 radical (unpaired) electrons. The second-order valence-corrected chi connectivity index (χ2v) is 7.38. The van der Waals surface area contributed by atoms with Crippen molar-refractivity contribution < 1.29 is 0 Å². The van der Waals surface area contributed by atoms with Gasteiger partial charge in [0.2, 0.25) is 0 Å². The summed E-state index contributed by atoms with van der Waals surface area (Å²) in [5, 5.41) is 7.07. The fourth-order valence-electron chi connectivity index (χ4n) is 3.75. The Morgan fingerprint density at radius 2 is 1.85 bits per heavy atom. The van der Waals surface area contributed by atoms with Crippen LogP contribution in [-0.4, -0.2) is 93.7 Å². The molecule has 2 N–H and O–H groups in total. The van der Waals surface area contributed by atoms with Gasteiger partial charge in [0.1, 0.15) is 0 Å². The second-order valence-electron chi connectivity index (χ2n) is 7.38. The molecule has 1 aliphatic rings. The van der Waals surface area contributed by atoms with Gasteiger partial charge >= 0.3 is 0 Å². The zero-order valence-electron chi connectivity index (χ0n) is 17.8. The highest BCUT2D eigenvalue weighted by Crippen LogP contribution is 2.19. The third-order valence-electron chi connectivity index (χ3n) is 5.61. The molecule has 152 valence electrons. The average molecular weight is 375 g/mol. The van der Waals surface area contributed by atoms with E-state index >= 15 is 0 Å². The zero-order chi connectivity index (χ0) is 19.6. The lowest BCUT2D eigenvalue weighted by Gasteiger charge is -2.38. The molecule has 0 amide bonds. The standard InChI is InChI=1S/C21H38N6/c1-6-27(7-2)20(18-11-9-8-10-12-18)16-24-21(22-3)23-15-19-17-25(4)13-14-26(19)5/h8-12,19-20H,6-7,13-17H2,1-5H3,(H2,22,23,24). The maximum absolute atomic E-state index is 4.44. The summed E-state index contributed by atoms with van der Waals surface area (Å²) in [5.41, 5.74) is 1.35. The Morgan fingerprint density at radius 1 is 1.15 bits per heavy atom. The molecule has 0 aromatic heterocycles. The van der Waals surface area contributed by atoms with Gasteiger partial charge < -0.3 is 15.5 Å². The lowest BCUT2D eigenvalue weighted by Crippen LogP contribution is -2.55. The Hall–Kier alpha value is -1.63. The van der Waals surface area contributed by atoms with E-state index in [1.807, 2.05) is 7.05 Å². The first-order valence-electron chi connectivity index (χ1n) is 10.2. The van der Waals surface area contributed by atoms with Crippen molar-refractivity contribution in [2.75, 3.05) is 67.0 Å². The summed E-state index contributed by atoms with van der Waals surface area (Å²) >= 11 is 0. The van der Waals surface area contributed by atoms with E-state index in [1.165, 1.54) is 5.56 Å². The lowest BCUT2D eigenvalue weighted by molar-refractivity contribution is 0.116. The van der Waals surface area contributed by atoms with Crippen LogP contribution in [0.3, 0.4) is 0 Å². The minimum absolute atomic E-state index is 0.336. The number of hydrogen-bond acceptors (Lipinski definition) is 4. The minimum Gasteiger partial charge on any atom is -0.355 e. The second kappa shape index (κ2) is 11.3. The lowest BCUT2D eigenvalue weighted by atomic mass is 10.1. The van der Waals surface area contributed by atoms with Gasteiger partial charge in [-0.1, -0.05) is 44.2 Å². The highest BCUT2D eigenvalue weighted by molar-refractivity contribution is 5.79. The van der Waals surface area contributed by atoms with E-state index < -0.39 is 0 Å². The Kier molecular flexibility index (Phi) is 9.04. The van der Waals surface area contributed by atoms with E-state index in [2.05, 4.69) is 88.6 Å². The van der Waals surface area contributed by atoms with Crippen LogP contribution in [-0.2, 0) is 0 Å². The largest absolute Gasteiger partial charge is 0.355 e. The molecular weight excluding hydrogens is 336 g/mol. The molecular formula is C21H38N6. The van der Waals surface area contributed by atoms with Crippen LogP contribution >= 0.6 is 0 Å². The summed E-state index contributed by atoms with van der Waals surface area (Å²) in [5.74, 6) is 0.879. The number of benzene rings is 1. The maximum Gasteiger partial charge on any atom is 0.191 e. The third-order valence-corrected chi connectivity index (χ3v) is 5.61. The number of piperazine rings is 1. The van der Waals surface area contributed by atoms with E-state index in [-0.39, 0.29) is 0 Å². The van der Waals surface area contributed by atoms with Crippen molar-refractivity contribution in [2.24, 2.45) is 4.99 Å². The van der Waals surface area contributed by atoms with Gasteiger partial charge in [0.25, 0.3) is 0 Å². The third kappa shape index (κ3) is 6.48. The molecule has 1 heterocycles. The number of aliphatic imine (C=N–C) groups is 1. The molecule has 1 aliphatic heterocycles. The van der Waals surface area contributed by atoms with E-state index in [9.17, 15) is 0 Å². The first-order valence-corrected chi connectivity index (χ1v) is 10.2. The number of hydrogen-bond donors (Lipinski definition) is 2. The number of rotatable bonds is 8. The quantitative estimate of drug-likeness (QED) is 0.533. The maximum atomic E-state index is 4.44. The molecule has 2 rings (SSSR count). The van der Waals surface area contributed by atoms with Gasteiger partial charge in [-0.05, 0) is 32.7 Å². The fraction of sp³-hybridized carbons (Fsp3) is 0.667. The van der Waals surface area contributed by atoms with Crippen molar-refractivity contribution >= 4 is 5.96 Å². The van der Waals surface area contributed by atoms with Crippen molar-refractivity contribution in [1.82, 2.24) is 25.3 Å². The summed E-state index contributed by atoms with van der Waals surface area (Å²) in [4.78, 5) is 11.8. The van der Waals surface area contributed by atoms with Crippen LogP contribution in [0.5, 0.6) is 0 Å². The fourth-order valence-corrected chi connectivity index (χ4v) is 3.75. The molecule has 2 atom stereocenters. The molecule has 1 aromatic rings. The van der Waals surface area contributed by atoms with Gasteiger partial charge in [-0.3, -0.25) is 14.8 Å². The van der Waals surface area contributed by atoms with E-state index in [0.717, 1.165) is 51.8 Å². The number of nitrogens with zero attached hydrogens (tertiary/aromatic N) is 4. The highest BCUT2D eigenvalue weighted by atomic mass is 15.3. The Bertz CT molecular complexity index is 557. The first-order chi connectivity index (χ1) is 13.1. The predicted octanol–water partition coefficient (Wildman–Crippen LogP) is 1.48. The number of likely N-dealkylation sites (N-methyl/N-ethyl adjacent to an activating group) is 3. The summed E-state index contributed by atoms with van der Waals surface area (Å²) in [7, 11) is 6.25. The van der Waals surface area contributed by atoms with Crippen LogP contribution in [0.1, 0.15) is 25.5 Å². The Labute approximate surface area is 165 Å². The number of guanidine groups is 1. The normalized spacial score (nSPS) is 20.7. The molecule has 6 nitrogen and oxygen atoms in total. The monoisotopic (exact) mass is 374 g/mol. The first kappa shape index (κ1) is 21.7. The van der Waals surface area contributed by atoms with Crippen LogP contribution in [0, 0.1) is 0 Å². The average Bonchev–Trinajstić information content (AvgIpc) is 2.70. The van der Waals surface area contributed by atoms with Crippen LogP contribution in [0.25, 0.3) is 0 Å². The van der Waals surface area contributed by atoms with Gasteiger partial charge in [-0.25, -0.2) is 0 Å². The smallest absolute Gasteiger partial charge is 0.191 e. The van der Waals surface area contributed by atoms with Gasteiger partial charge in [-0.15, -0.1) is 0 Å². The molecule has 0 saturated carbocycles. The molecule has 1 fully saturated rings. The molecule has 0 spiro atoms. The summed E-state index contributed by atoms with van der Waals surface area (Å²) in [6, 6.07) is 11.6. The minimum atomic E-state index is 0.336. The van der Waals surface area contributed by atoms with Crippen LogP contribution in [0.2, 0.25) is 0 Å². The van der Waals surface area contributed by atoms with Gasteiger partial charge in [0.15, 0.2) is 5.96 Å². The molecule has 1 aromatic carbocycles. The van der Waals surface area contributed by atoms with Crippen molar-refractivity contribution in [3.05, 3.63) is 35.9 Å². The van der Waals surface area contributed by atoms with Gasteiger partial charge in [0, 0.05) is 45.8 Å². The Balaban J connectivity index is 1.93. The van der Waals surface area contributed by atoms with Crippen LogP contribution in [0.15, 0.2) is 35.3 Å². The van der Waals surface area contributed by atoms with Crippen molar-refractivity contribution in [3.63, 3.8) is 0 Å². The predicted molar refractivity (Wildman–Crippen MR) is 115 cm³/mol. The van der Waals surface area contributed by atoms with Crippen molar-refractivity contribution in [3.8, 4) is 0 Å². The van der Waals surface area contributed by atoms with E-state index in [4.69, 9.17) is 0 Å². The molecule has 6 heteroatoms. The van der Waals surface area contributed by atoms with E-state index in [1.54, 1.807) is 0 Å². The van der Waals surface area contributed by atoms with Gasteiger partial charge in [0.05, 0.1) is 6.04 Å². The highest BCUT2D eigenvalue weighted by Gasteiger charge is 2.22. The summed E-state index contributed by atoms with van der Waals surface area (Å²) in [6.07, 6.45) is 0. The van der Waals surface area contributed by atoms with Crippen LogP contribution < -0.4 is 10.6 Å². The van der Waals surface area contributed by atoms with E-state index in [0.29, 0.717) is 12.1 Å². The van der Waals surface area contributed by atoms with Gasteiger partial charge in [-0.2, -0.15) is 0 Å². The van der Waals surface area contributed by atoms with Crippen molar-refractivity contribution in [2.45, 2.75) is 25.9 Å². The molecule has 27 heavy (non-hydrogen) atoms. The topological polar surface area (TPSA) is 46.1 Å². The number of nitrogens with one attached hydrogen (secondary N) is 2. The van der Waals surface area contributed by atoms with Crippen LogP contribution in [0.4, 0.5) is 0 Å². The summed E-state index contributed by atoms with van der Waals surface area (Å²) < 4.78 is 0. The van der Waals surface area contributed by atoms with Crippen molar-refractivity contribution in [1.29, 1.82) is 0 Å². The molecule has 0 bridgehead atoms. The SMILES string of the molecule is CCN(CC)C(CNC(=NC)NCC1CN(C)CCN1C)c1ccccc1. The molecule has 1 saturated heterocycles. The Morgan fingerprint density at radius 3 is 2.48 bits per heavy atom. The zero-order valence-corrected chi connectivity index (χ0v) is 17.8.